The Morgan fingerprint density at radius 3 is 1.83 bits per heavy atom. The molecule has 254 valence electrons. The summed E-state index contributed by atoms with van der Waals surface area (Å²) in [6, 6.07) is 1.12. The van der Waals surface area contributed by atoms with Crippen LogP contribution in [0.3, 0.4) is 0 Å². The molecule has 0 heterocycles. The highest BCUT2D eigenvalue weighted by molar-refractivity contribution is 5.98. The molecule has 7 amide bonds. The summed E-state index contributed by atoms with van der Waals surface area (Å²) in [5.41, 5.74) is 14.6. The second-order valence-corrected chi connectivity index (χ2v) is 11.1. The zero-order valence-electron chi connectivity index (χ0n) is 25.9. The monoisotopic (exact) mass is 650 g/mol. The highest BCUT2D eigenvalue weighted by Gasteiger charge is 2.36. The van der Waals surface area contributed by atoms with E-state index in [2.05, 4.69) is 26.6 Å². The van der Waals surface area contributed by atoms with Gasteiger partial charge < -0.3 is 54.0 Å². The maximum atomic E-state index is 13.3. The minimum atomic E-state index is -1.70. The minimum Gasteiger partial charge on any atom is -0.480 e. The average molecular weight is 651 g/mol. The van der Waals surface area contributed by atoms with E-state index >= 15 is 0 Å². The number of hydrogen-bond donors (Lipinski definition) is 10. The number of rotatable bonds is 18. The van der Waals surface area contributed by atoms with Gasteiger partial charge in [-0.1, -0.05) is 30.3 Å². The first-order valence-electron chi connectivity index (χ1n) is 14.1. The van der Waals surface area contributed by atoms with E-state index in [1.54, 1.807) is 30.3 Å². The van der Waals surface area contributed by atoms with Crippen LogP contribution in [0.25, 0.3) is 0 Å². The van der Waals surface area contributed by atoms with Crippen molar-refractivity contribution in [3.63, 3.8) is 0 Å². The van der Waals surface area contributed by atoms with Crippen molar-refractivity contribution in [2.45, 2.75) is 88.8 Å². The van der Waals surface area contributed by atoms with Gasteiger partial charge in [0.1, 0.15) is 29.7 Å². The van der Waals surface area contributed by atoms with Gasteiger partial charge in [-0.05, 0) is 33.3 Å². The van der Waals surface area contributed by atoms with Crippen molar-refractivity contribution in [1.82, 2.24) is 26.6 Å². The largest absolute Gasteiger partial charge is 0.480 e. The predicted octanol–water partition coefficient (Wildman–Crippen LogP) is -4.37. The van der Waals surface area contributed by atoms with Crippen molar-refractivity contribution >= 4 is 47.3 Å². The van der Waals surface area contributed by atoms with Crippen LogP contribution >= 0.6 is 0 Å². The van der Waals surface area contributed by atoms with Crippen LogP contribution in [-0.4, -0.2) is 99.4 Å². The van der Waals surface area contributed by atoms with Gasteiger partial charge in [-0.2, -0.15) is 0 Å². The van der Waals surface area contributed by atoms with E-state index in [1.165, 1.54) is 27.7 Å². The summed E-state index contributed by atoms with van der Waals surface area (Å²) in [7, 11) is 0. The Hall–Kier alpha value is -5.10. The van der Waals surface area contributed by atoms with Crippen LogP contribution in [0.2, 0.25) is 0 Å². The molecule has 6 atom stereocenters. The van der Waals surface area contributed by atoms with Crippen molar-refractivity contribution in [3.05, 3.63) is 35.9 Å². The topological polar surface area (TPSA) is 315 Å². The van der Waals surface area contributed by atoms with E-state index in [1.807, 2.05) is 0 Å². The number of aliphatic hydroxyl groups excluding tert-OH is 1. The van der Waals surface area contributed by atoms with Crippen LogP contribution < -0.4 is 43.8 Å². The van der Waals surface area contributed by atoms with Gasteiger partial charge in [0.05, 0.1) is 25.0 Å². The van der Waals surface area contributed by atoms with E-state index in [0.717, 1.165) is 0 Å². The zero-order chi connectivity index (χ0) is 35.4. The van der Waals surface area contributed by atoms with E-state index in [4.69, 9.17) is 17.2 Å². The molecule has 0 saturated carbocycles. The number of carboxylic acid groups (broad SMARTS) is 1. The number of carbonyl (C=O) groups excluding carboxylic acids is 7. The van der Waals surface area contributed by atoms with E-state index < -0.39 is 102 Å². The van der Waals surface area contributed by atoms with Crippen LogP contribution in [-0.2, 0) is 44.8 Å². The van der Waals surface area contributed by atoms with Gasteiger partial charge >= 0.3 is 5.97 Å². The lowest BCUT2D eigenvalue weighted by Gasteiger charge is -2.30. The molecule has 0 spiro atoms. The third-order valence-electron chi connectivity index (χ3n) is 6.50. The Bertz CT molecular complexity index is 1300. The molecule has 0 bridgehead atoms. The van der Waals surface area contributed by atoms with Gasteiger partial charge in [0.25, 0.3) is 0 Å². The van der Waals surface area contributed by atoms with Crippen LogP contribution in [0.5, 0.6) is 0 Å². The number of nitrogens with two attached hydrogens (primary N) is 3. The Balaban J connectivity index is 3.02. The van der Waals surface area contributed by atoms with Gasteiger partial charge in [0.15, 0.2) is 0 Å². The first kappa shape index (κ1) is 38.9. The summed E-state index contributed by atoms with van der Waals surface area (Å²) in [5, 5.41) is 31.0. The molecule has 13 N–H and O–H groups in total. The highest BCUT2D eigenvalue weighted by Crippen LogP contribution is 2.09. The smallest absolute Gasteiger partial charge is 0.326 e. The van der Waals surface area contributed by atoms with E-state index in [-0.39, 0.29) is 6.42 Å². The van der Waals surface area contributed by atoms with Crippen LogP contribution in [0.1, 0.15) is 46.1 Å². The molecule has 1 aromatic carbocycles. The van der Waals surface area contributed by atoms with Crippen molar-refractivity contribution in [1.29, 1.82) is 0 Å². The van der Waals surface area contributed by atoms with Crippen molar-refractivity contribution in [2.75, 3.05) is 0 Å². The molecule has 0 aliphatic heterocycles. The fraction of sp³-hybridized carbons (Fsp3) is 0.500. The molecule has 0 aromatic heterocycles. The molecule has 0 aliphatic rings. The molecular weight excluding hydrogens is 608 g/mol. The quantitative estimate of drug-likeness (QED) is 0.0723. The molecule has 1 rings (SSSR count). The van der Waals surface area contributed by atoms with Gasteiger partial charge in [-0.3, -0.25) is 33.6 Å². The summed E-state index contributed by atoms with van der Waals surface area (Å²) < 4.78 is 0. The normalized spacial score (nSPS) is 15.0. The molecule has 0 saturated heterocycles. The maximum absolute atomic E-state index is 13.3. The molecule has 0 fully saturated rings. The summed E-state index contributed by atoms with van der Waals surface area (Å²) >= 11 is 0. The summed E-state index contributed by atoms with van der Waals surface area (Å²) in [6.07, 6.45) is -2.75. The van der Waals surface area contributed by atoms with E-state index in [9.17, 15) is 48.6 Å². The molecule has 0 aliphatic carbocycles. The van der Waals surface area contributed by atoms with Gasteiger partial charge in [-0.15, -0.1) is 0 Å². The number of aliphatic carboxylic acids is 1. The Labute approximate surface area is 264 Å². The van der Waals surface area contributed by atoms with Gasteiger partial charge in [0, 0.05) is 6.42 Å². The predicted molar refractivity (Wildman–Crippen MR) is 161 cm³/mol. The summed E-state index contributed by atoms with van der Waals surface area (Å²) in [5.74, 6) is -7.97. The standard InChI is InChI=1S/C28H42N8O10/c1-13(32-25(43)21(14(2)37)35-23(41)16(29)11-19(30)38)22(40)36-28(3,4)27(46)34-17(10-15-8-6-5-7-9-15)24(42)33-18(26(44)45)12-20(31)39/h5-9,13-14,16-18,21,37H,10-12,29H2,1-4H3,(H2,30,38)(H2,31,39)(H,32,43)(H,33,42)(H,34,46)(H,35,41)(H,36,40)(H,44,45)/t13-,14+,16-,17-,18-,21-/m0/s1. The number of nitrogens with one attached hydrogen (secondary N) is 5. The molecule has 46 heavy (non-hydrogen) atoms. The van der Waals surface area contributed by atoms with E-state index in [0.29, 0.717) is 5.56 Å². The highest BCUT2D eigenvalue weighted by atomic mass is 16.4. The molecular formula is C28H42N8O10. The Kier molecular flexibility index (Phi) is 14.7. The van der Waals surface area contributed by atoms with Crippen LogP contribution in [0, 0.1) is 0 Å². The minimum absolute atomic E-state index is 0.0899. The van der Waals surface area contributed by atoms with Crippen molar-refractivity contribution in [2.24, 2.45) is 17.2 Å². The lowest BCUT2D eigenvalue weighted by atomic mass is 10.00. The lowest BCUT2D eigenvalue weighted by molar-refractivity contribution is -0.144. The Morgan fingerprint density at radius 1 is 0.761 bits per heavy atom. The van der Waals surface area contributed by atoms with Crippen molar-refractivity contribution < 1.29 is 48.6 Å². The zero-order valence-corrected chi connectivity index (χ0v) is 25.9. The first-order valence-corrected chi connectivity index (χ1v) is 14.1. The number of benzene rings is 1. The van der Waals surface area contributed by atoms with Crippen molar-refractivity contribution in [3.8, 4) is 0 Å². The van der Waals surface area contributed by atoms with Crippen LogP contribution in [0.15, 0.2) is 30.3 Å². The summed E-state index contributed by atoms with van der Waals surface area (Å²) in [6.45, 7) is 5.06. The fourth-order valence-corrected chi connectivity index (χ4v) is 3.89. The number of carboxylic acids is 1. The Morgan fingerprint density at radius 2 is 1.33 bits per heavy atom. The lowest BCUT2D eigenvalue weighted by Crippen LogP contribution is -2.63. The molecule has 18 heteroatoms. The number of amides is 7. The maximum Gasteiger partial charge on any atom is 0.326 e. The number of aliphatic hydroxyl groups is 1. The third-order valence-corrected chi connectivity index (χ3v) is 6.50. The molecule has 0 unspecified atom stereocenters. The van der Waals surface area contributed by atoms with Gasteiger partial charge in [-0.25, -0.2) is 4.79 Å². The summed E-state index contributed by atoms with van der Waals surface area (Å²) in [4.78, 5) is 98.2. The molecule has 18 nitrogen and oxygen atoms in total. The first-order chi connectivity index (χ1) is 21.2. The fourth-order valence-electron chi connectivity index (χ4n) is 3.89. The number of hydrogen-bond acceptors (Lipinski definition) is 10. The molecule has 0 radical (unpaired) electrons. The third kappa shape index (κ3) is 12.9. The molecule has 1 aromatic rings. The number of carbonyl (C=O) groups is 8. The average Bonchev–Trinajstić information content (AvgIpc) is 2.94. The second-order valence-electron chi connectivity index (χ2n) is 11.1. The second kappa shape index (κ2) is 17.4. The SMILES string of the molecule is C[C@H](NC(=O)[C@@H](NC(=O)[C@@H](N)CC(N)=O)[C@@H](C)O)C(=O)NC(C)(C)C(=O)N[C@@H](Cc1ccccc1)C(=O)N[C@@H](CC(N)=O)C(=O)O. The van der Waals surface area contributed by atoms with Gasteiger partial charge in [0.2, 0.25) is 41.4 Å². The van der Waals surface area contributed by atoms with Crippen LogP contribution in [0.4, 0.5) is 0 Å². The number of primary amides is 2.